The number of benzene rings is 2. The maximum atomic E-state index is 6.24. The standard InChI is InChI=1S/C20H22O2Se/c1-3-21-18-14-15(2)20(23-17-12-8-5-9-13-17)19(22-18)16-10-6-4-7-11-16/h4-13,15,18H,3,14H2,1-2H3/t15-,18-/m1/s1. The molecule has 0 aliphatic carbocycles. The van der Waals surface area contributed by atoms with Crippen LogP contribution in [0.4, 0.5) is 0 Å². The molecule has 2 aromatic carbocycles. The van der Waals surface area contributed by atoms with Crippen LogP contribution < -0.4 is 4.46 Å². The normalized spacial score (nSPS) is 21.1. The molecule has 1 aliphatic heterocycles. The topological polar surface area (TPSA) is 18.5 Å². The fraction of sp³-hybridized carbons (Fsp3) is 0.300. The third-order valence-electron chi connectivity index (χ3n) is 3.83. The molecule has 3 rings (SSSR count). The number of hydrogen-bond acceptors (Lipinski definition) is 2. The Hall–Kier alpha value is -1.54. The van der Waals surface area contributed by atoms with Crippen LogP contribution in [0.25, 0.3) is 5.76 Å². The fourth-order valence-corrected chi connectivity index (χ4v) is 5.02. The molecule has 120 valence electrons. The molecule has 2 nitrogen and oxygen atoms in total. The molecular weight excluding hydrogens is 351 g/mol. The second-order valence-electron chi connectivity index (χ2n) is 5.61. The first-order chi connectivity index (χ1) is 11.3. The average molecular weight is 373 g/mol. The van der Waals surface area contributed by atoms with E-state index in [-0.39, 0.29) is 21.2 Å². The first-order valence-electron chi connectivity index (χ1n) is 8.08. The minimum atomic E-state index is -0.138. The predicted octanol–water partition coefficient (Wildman–Crippen LogP) is 3.80. The van der Waals surface area contributed by atoms with Gasteiger partial charge in [-0.2, -0.15) is 0 Å². The molecule has 0 amide bonds. The van der Waals surface area contributed by atoms with Crippen molar-refractivity contribution in [1.29, 1.82) is 0 Å². The van der Waals surface area contributed by atoms with Gasteiger partial charge in [-0.25, -0.2) is 0 Å². The van der Waals surface area contributed by atoms with Gasteiger partial charge in [-0.3, -0.25) is 0 Å². The number of hydrogen-bond donors (Lipinski definition) is 0. The van der Waals surface area contributed by atoms with Crippen molar-refractivity contribution in [2.45, 2.75) is 26.6 Å². The Morgan fingerprint density at radius 2 is 1.70 bits per heavy atom. The van der Waals surface area contributed by atoms with Gasteiger partial charge in [0.05, 0.1) is 0 Å². The van der Waals surface area contributed by atoms with Crippen LogP contribution in [-0.2, 0) is 9.47 Å². The zero-order valence-corrected chi connectivity index (χ0v) is 15.3. The molecule has 0 spiro atoms. The van der Waals surface area contributed by atoms with Gasteiger partial charge in [0, 0.05) is 0 Å². The van der Waals surface area contributed by atoms with Gasteiger partial charge in [-0.05, 0) is 0 Å². The van der Waals surface area contributed by atoms with Gasteiger partial charge in [0.25, 0.3) is 0 Å². The fourth-order valence-electron chi connectivity index (χ4n) is 2.71. The van der Waals surface area contributed by atoms with Gasteiger partial charge >= 0.3 is 144 Å². The summed E-state index contributed by atoms with van der Waals surface area (Å²) in [5.41, 5.74) is 1.15. The SMILES string of the molecule is CCO[C@H]1C[C@@H](C)C([Se]c2ccccc2)=C(c2ccccc2)O1. The van der Waals surface area contributed by atoms with Crippen LogP contribution in [0.5, 0.6) is 0 Å². The van der Waals surface area contributed by atoms with Crippen LogP contribution in [-0.4, -0.2) is 27.9 Å². The summed E-state index contributed by atoms with van der Waals surface area (Å²) in [7, 11) is 0. The van der Waals surface area contributed by atoms with Crippen LogP contribution in [0, 0.1) is 5.92 Å². The van der Waals surface area contributed by atoms with Gasteiger partial charge in [0.1, 0.15) is 0 Å². The Morgan fingerprint density at radius 3 is 2.35 bits per heavy atom. The summed E-state index contributed by atoms with van der Waals surface area (Å²) in [5.74, 6) is 1.49. The summed E-state index contributed by atoms with van der Waals surface area (Å²) in [6.45, 7) is 4.99. The number of allylic oxidation sites excluding steroid dienone is 1. The molecular formula is C20H22O2Se. The van der Waals surface area contributed by atoms with Gasteiger partial charge in [0.15, 0.2) is 0 Å². The van der Waals surface area contributed by atoms with E-state index >= 15 is 0 Å². The van der Waals surface area contributed by atoms with E-state index < -0.39 is 0 Å². The second-order valence-corrected chi connectivity index (χ2v) is 7.95. The van der Waals surface area contributed by atoms with Crippen LogP contribution >= 0.6 is 0 Å². The number of ether oxygens (including phenoxy) is 2. The van der Waals surface area contributed by atoms with Crippen molar-refractivity contribution in [2.24, 2.45) is 5.92 Å². The van der Waals surface area contributed by atoms with Crippen LogP contribution in [0.3, 0.4) is 0 Å². The molecule has 2 atom stereocenters. The summed E-state index contributed by atoms with van der Waals surface area (Å²) in [4.78, 5) is 0. The van der Waals surface area contributed by atoms with E-state index in [4.69, 9.17) is 9.47 Å². The zero-order chi connectivity index (χ0) is 16.1. The average Bonchev–Trinajstić information content (AvgIpc) is 2.59. The van der Waals surface area contributed by atoms with E-state index in [0.717, 1.165) is 17.7 Å². The molecule has 0 saturated heterocycles. The van der Waals surface area contributed by atoms with Crippen molar-refractivity contribution in [1.82, 2.24) is 0 Å². The van der Waals surface area contributed by atoms with Crippen LogP contribution in [0.2, 0.25) is 0 Å². The van der Waals surface area contributed by atoms with E-state index in [9.17, 15) is 0 Å². The third kappa shape index (κ3) is 4.06. The van der Waals surface area contributed by atoms with E-state index in [1.165, 1.54) is 8.93 Å². The molecule has 0 fully saturated rings. The van der Waals surface area contributed by atoms with Crippen molar-refractivity contribution in [2.75, 3.05) is 6.61 Å². The molecule has 3 heteroatoms. The molecule has 23 heavy (non-hydrogen) atoms. The van der Waals surface area contributed by atoms with Gasteiger partial charge in [-0.1, -0.05) is 0 Å². The molecule has 0 radical (unpaired) electrons. The number of rotatable bonds is 5. The summed E-state index contributed by atoms with van der Waals surface area (Å²) < 4.78 is 14.8. The Kier molecular flexibility index (Phi) is 5.56. The summed E-state index contributed by atoms with van der Waals surface area (Å²) in [5, 5.41) is 0. The van der Waals surface area contributed by atoms with E-state index in [2.05, 4.69) is 61.5 Å². The Labute approximate surface area is 144 Å². The molecule has 0 N–H and O–H groups in total. The Balaban J connectivity index is 1.97. The molecule has 0 aromatic heterocycles. The monoisotopic (exact) mass is 374 g/mol. The minimum absolute atomic E-state index is 0.138. The van der Waals surface area contributed by atoms with E-state index in [1.807, 2.05) is 13.0 Å². The van der Waals surface area contributed by atoms with Gasteiger partial charge < -0.3 is 0 Å². The summed E-state index contributed by atoms with van der Waals surface area (Å²) in [6, 6.07) is 21.1. The van der Waals surface area contributed by atoms with Crippen molar-refractivity contribution >= 4 is 25.2 Å². The first-order valence-corrected chi connectivity index (χ1v) is 9.80. The van der Waals surface area contributed by atoms with Gasteiger partial charge in [0.2, 0.25) is 0 Å². The Morgan fingerprint density at radius 1 is 1.04 bits per heavy atom. The van der Waals surface area contributed by atoms with Crippen molar-refractivity contribution < 1.29 is 9.47 Å². The molecule has 0 bridgehead atoms. The summed E-state index contributed by atoms with van der Waals surface area (Å²) >= 11 is 0.267. The van der Waals surface area contributed by atoms with Crippen molar-refractivity contribution in [3.63, 3.8) is 0 Å². The second kappa shape index (κ2) is 7.83. The molecule has 1 heterocycles. The zero-order valence-electron chi connectivity index (χ0n) is 13.6. The predicted molar refractivity (Wildman–Crippen MR) is 95.5 cm³/mol. The van der Waals surface area contributed by atoms with Crippen molar-refractivity contribution in [3.8, 4) is 0 Å². The van der Waals surface area contributed by atoms with Crippen molar-refractivity contribution in [3.05, 3.63) is 70.7 Å². The third-order valence-corrected chi connectivity index (χ3v) is 6.59. The van der Waals surface area contributed by atoms with E-state index in [1.54, 1.807) is 0 Å². The Bertz CT molecular complexity index is 652. The van der Waals surface area contributed by atoms with E-state index in [0.29, 0.717) is 12.5 Å². The molecule has 0 saturated carbocycles. The molecule has 0 unspecified atom stereocenters. The molecule has 2 aromatic rings. The van der Waals surface area contributed by atoms with Crippen LogP contribution in [0.15, 0.2) is 65.1 Å². The maximum absolute atomic E-state index is 6.24. The van der Waals surface area contributed by atoms with Crippen LogP contribution in [0.1, 0.15) is 25.8 Å². The van der Waals surface area contributed by atoms with Gasteiger partial charge in [-0.15, -0.1) is 0 Å². The first kappa shape index (κ1) is 16.3. The summed E-state index contributed by atoms with van der Waals surface area (Å²) in [6.07, 6.45) is 0.786. The quantitative estimate of drug-likeness (QED) is 0.743. The molecule has 1 aliphatic rings.